The first-order valence-electron chi connectivity index (χ1n) is 6.72. The van der Waals surface area contributed by atoms with Crippen LogP contribution in [0.3, 0.4) is 0 Å². The Kier molecular flexibility index (Phi) is 3.36. The molecule has 1 aromatic carbocycles. The van der Waals surface area contributed by atoms with Gasteiger partial charge in [-0.25, -0.2) is 4.98 Å². The molecule has 2 heterocycles. The summed E-state index contributed by atoms with van der Waals surface area (Å²) in [7, 11) is 0. The molecule has 2 aromatic heterocycles. The number of aliphatic hydroxyl groups is 1. The van der Waals surface area contributed by atoms with Crippen LogP contribution in [-0.4, -0.2) is 20.6 Å². The third kappa shape index (κ3) is 2.37. The van der Waals surface area contributed by atoms with E-state index < -0.39 is 6.10 Å². The number of hydrogen-bond donors (Lipinski definition) is 1. The fourth-order valence-corrected chi connectivity index (χ4v) is 3.11. The third-order valence-electron chi connectivity index (χ3n) is 3.90. The molecule has 0 saturated heterocycles. The Morgan fingerprint density at radius 3 is 2.75 bits per heavy atom. The summed E-state index contributed by atoms with van der Waals surface area (Å²) in [5.74, 6) is 0. The van der Waals surface area contributed by atoms with Gasteiger partial charge in [0.25, 0.3) is 0 Å². The molecular formula is C16H18N2OS. The van der Waals surface area contributed by atoms with Crippen molar-refractivity contribution in [3.63, 3.8) is 0 Å². The first kappa shape index (κ1) is 13.3. The van der Waals surface area contributed by atoms with E-state index in [1.54, 1.807) is 11.3 Å². The molecule has 0 amide bonds. The Labute approximate surface area is 122 Å². The number of benzene rings is 1. The van der Waals surface area contributed by atoms with E-state index in [2.05, 4.69) is 31.0 Å². The van der Waals surface area contributed by atoms with Crippen LogP contribution < -0.4 is 0 Å². The van der Waals surface area contributed by atoms with Crippen molar-refractivity contribution >= 4 is 16.3 Å². The van der Waals surface area contributed by atoms with E-state index in [4.69, 9.17) is 0 Å². The van der Waals surface area contributed by atoms with Gasteiger partial charge in [0, 0.05) is 29.6 Å². The van der Waals surface area contributed by atoms with Crippen molar-refractivity contribution in [1.29, 1.82) is 0 Å². The number of fused-ring (bicyclic) bond motifs is 1. The van der Waals surface area contributed by atoms with E-state index in [-0.39, 0.29) is 5.41 Å². The van der Waals surface area contributed by atoms with Crippen molar-refractivity contribution < 1.29 is 5.11 Å². The van der Waals surface area contributed by atoms with Gasteiger partial charge in [-0.3, -0.25) is 4.40 Å². The summed E-state index contributed by atoms with van der Waals surface area (Å²) in [6.45, 7) is 4.15. The molecular weight excluding hydrogens is 268 g/mol. The highest BCUT2D eigenvalue weighted by molar-refractivity contribution is 7.15. The number of imidazole rings is 1. The van der Waals surface area contributed by atoms with E-state index in [9.17, 15) is 5.11 Å². The Hall–Kier alpha value is -1.65. The Morgan fingerprint density at radius 2 is 2.05 bits per heavy atom. The summed E-state index contributed by atoms with van der Waals surface area (Å²) >= 11 is 1.61. The molecule has 0 aliphatic heterocycles. The van der Waals surface area contributed by atoms with Crippen LogP contribution in [0.15, 0.2) is 48.1 Å². The minimum Gasteiger partial charge on any atom is -0.392 e. The molecule has 3 aromatic rings. The average molecular weight is 286 g/mol. The zero-order valence-electron chi connectivity index (χ0n) is 11.7. The number of nitrogens with zero attached hydrogens (tertiary/aromatic N) is 2. The minimum absolute atomic E-state index is 0.293. The highest BCUT2D eigenvalue weighted by Crippen LogP contribution is 2.29. The molecule has 0 fully saturated rings. The van der Waals surface area contributed by atoms with Gasteiger partial charge < -0.3 is 5.11 Å². The number of aromatic nitrogens is 2. The molecule has 0 saturated carbocycles. The normalized spacial score (nSPS) is 13.8. The molecule has 0 aliphatic carbocycles. The van der Waals surface area contributed by atoms with Crippen LogP contribution in [0.2, 0.25) is 0 Å². The fourth-order valence-electron chi connectivity index (χ4n) is 2.39. The van der Waals surface area contributed by atoms with Crippen LogP contribution in [0.4, 0.5) is 0 Å². The second kappa shape index (κ2) is 5.04. The monoisotopic (exact) mass is 286 g/mol. The molecule has 0 bridgehead atoms. The summed E-state index contributed by atoms with van der Waals surface area (Å²) in [6.07, 6.45) is 4.09. The quantitative estimate of drug-likeness (QED) is 0.799. The Balaban J connectivity index is 1.81. The molecule has 3 nitrogen and oxygen atoms in total. The second-order valence-electron chi connectivity index (χ2n) is 5.63. The van der Waals surface area contributed by atoms with Gasteiger partial charge in [-0.1, -0.05) is 44.2 Å². The smallest absolute Gasteiger partial charge is 0.193 e. The predicted molar refractivity (Wildman–Crippen MR) is 82.2 cm³/mol. The topological polar surface area (TPSA) is 37.5 Å². The maximum absolute atomic E-state index is 10.6. The van der Waals surface area contributed by atoms with Gasteiger partial charge in [0.15, 0.2) is 4.96 Å². The van der Waals surface area contributed by atoms with E-state index >= 15 is 0 Å². The molecule has 0 spiro atoms. The molecule has 0 aliphatic rings. The van der Waals surface area contributed by atoms with Gasteiger partial charge in [-0.2, -0.15) is 0 Å². The standard InChI is InChI=1S/C16H18N2OS/c1-16(2,12-6-4-3-5-7-12)14(19)10-13-11-18-8-9-20-15(18)17-13/h3-9,11,14,19H,10H2,1-2H3. The largest absolute Gasteiger partial charge is 0.392 e. The van der Waals surface area contributed by atoms with Gasteiger partial charge >= 0.3 is 0 Å². The van der Waals surface area contributed by atoms with Gasteiger partial charge in [-0.15, -0.1) is 11.3 Å². The maximum Gasteiger partial charge on any atom is 0.193 e. The van der Waals surface area contributed by atoms with Crippen LogP contribution in [-0.2, 0) is 11.8 Å². The number of thiazole rings is 1. The lowest BCUT2D eigenvalue weighted by atomic mass is 9.78. The van der Waals surface area contributed by atoms with Gasteiger partial charge in [0.05, 0.1) is 11.8 Å². The van der Waals surface area contributed by atoms with E-state index in [0.29, 0.717) is 6.42 Å². The van der Waals surface area contributed by atoms with Gasteiger partial charge in [0.2, 0.25) is 0 Å². The predicted octanol–water partition coefficient (Wildman–Crippen LogP) is 3.28. The van der Waals surface area contributed by atoms with Crippen molar-refractivity contribution in [3.05, 3.63) is 59.4 Å². The summed E-state index contributed by atoms with van der Waals surface area (Å²) in [4.78, 5) is 5.52. The summed E-state index contributed by atoms with van der Waals surface area (Å²) in [5, 5.41) is 12.6. The molecule has 1 atom stereocenters. The van der Waals surface area contributed by atoms with Crippen LogP contribution in [0.5, 0.6) is 0 Å². The lowest BCUT2D eigenvalue weighted by Crippen LogP contribution is -2.35. The first-order chi connectivity index (χ1) is 9.57. The van der Waals surface area contributed by atoms with Crippen LogP contribution >= 0.6 is 11.3 Å². The minimum atomic E-state index is -0.463. The second-order valence-corrected chi connectivity index (χ2v) is 6.51. The lowest BCUT2D eigenvalue weighted by molar-refractivity contribution is 0.0992. The van der Waals surface area contributed by atoms with Crippen molar-refractivity contribution in [2.75, 3.05) is 0 Å². The molecule has 3 rings (SSSR count). The lowest BCUT2D eigenvalue weighted by Gasteiger charge is -2.30. The van der Waals surface area contributed by atoms with E-state index in [1.165, 1.54) is 0 Å². The Morgan fingerprint density at radius 1 is 1.30 bits per heavy atom. The summed E-state index contributed by atoms with van der Waals surface area (Å²) < 4.78 is 2.00. The van der Waals surface area contributed by atoms with Crippen molar-refractivity contribution in [2.24, 2.45) is 0 Å². The highest BCUT2D eigenvalue weighted by Gasteiger charge is 2.30. The molecule has 1 unspecified atom stereocenters. The maximum atomic E-state index is 10.6. The van der Waals surface area contributed by atoms with Crippen LogP contribution in [0, 0.1) is 0 Å². The first-order valence-corrected chi connectivity index (χ1v) is 7.60. The van der Waals surface area contributed by atoms with Gasteiger partial charge in [0.1, 0.15) is 0 Å². The summed E-state index contributed by atoms with van der Waals surface area (Å²) in [6, 6.07) is 10.1. The number of rotatable bonds is 4. The molecule has 0 radical (unpaired) electrons. The molecule has 1 N–H and O–H groups in total. The average Bonchev–Trinajstić information content (AvgIpc) is 3.00. The van der Waals surface area contributed by atoms with Crippen LogP contribution in [0.25, 0.3) is 4.96 Å². The zero-order valence-corrected chi connectivity index (χ0v) is 12.5. The third-order valence-corrected chi connectivity index (χ3v) is 4.67. The van der Waals surface area contributed by atoms with Crippen molar-refractivity contribution in [2.45, 2.75) is 31.8 Å². The number of aliphatic hydroxyl groups excluding tert-OH is 1. The van der Waals surface area contributed by atoms with E-state index in [1.807, 2.05) is 40.4 Å². The Bertz CT molecular complexity index is 671. The fraction of sp³-hybridized carbons (Fsp3) is 0.312. The SMILES string of the molecule is CC(C)(c1ccccc1)C(O)Cc1cn2ccsc2n1. The molecule has 20 heavy (non-hydrogen) atoms. The van der Waals surface area contributed by atoms with E-state index in [0.717, 1.165) is 16.2 Å². The molecule has 4 heteroatoms. The highest BCUT2D eigenvalue weighted by atomic mass is 32.1. The number of hydrogen-bond acceptors (Lipinski definition) is 3. The van der Waals surface area contributed by atoms with Crippen molar-refractivity contribution in [3.8, 4) is 0 Å². The van der Waals surface area contributed by atoms with Gasteiger partial charge in [-0.05, 0) is 5.56 Å². The zero-order chi connectivity index (χ0) is 14.2. The van der Waals surface area contributed by atoms with Crippen molar-refractivity contribution in [1.82, 2.24) is 9.38 Å². The molecule has 104 valence electrons. The summed E-state index contributed by atoms with van der Waals surface area (Å²) in [5.41, 5.74) is 1.79. The van der Waals surface area contributed by atoms with Crippen LogP contribution in [0.1, 0.15) is 25.1 Å².